The van der Waals surface area contributed by atoms with E-state index in [2.05, 4.69) is 22.0 Å². The highest BCUT2D eigenvalue weighted by Gasteiger charge is 2.17. The van der Waals surface area contributed by atoms with Crippen LogP contribution in [0.15, 0.2) is 61.1 Å². The van der Waals surface area contributed by atoms with Crippen LogP contribution in [0.1, 0.15) is 28.4 Å². The second-order valence-electron chi connectivity index (χ2n) is 6.21. The molecule has 0 aliphatic heterocycles. The normalized spacial score (nSPS) is 10.5. The minimum Gasteiger partial charge on any atom is -0.465 e. The lowest BCUT2D eigenvalue weighted by Gasteiger charge is -2.09. The van der Waals surface area contributed by atoms with Crippen LogP contribution in [0.2, 0.25) is 0 Å². The maximum Gasteiger partial charge on any atom is 0.340 e. The summed E-state index contributed by atoms with van der Waals surface area (Å²) < 4.78 is 8.56. The molecule has 0 spiro atoms. The van der Waals surface area contributed by atoms with Crippen LogP contribution >= 0.6 is 0 Å². The lowest BCUT2D eigenvalue weighted by Crippen LogP contribution is -2.08. The van der Waals surface area contributed by atoms with Gasteiger partial charge in [0.15, 0.2) is 0 Å². The van der Waals surface area contributed by atoms with Crippen LogP contribution in [0.4, 0.5) is 0 Å². The molecular formula is C22H18N4O2. The summed E-state index contributed by atoms with van der Waals surface area (Å²) in [6.45, 7) is 2.31. The molecule has 6 nitrogen and oxygen atoms in total. The number of rotatable bonds is 4. The van der Waals surface area contributed by atoms with E-state index in [1.165, 1.54) is 7.11 Å². The van der Waals surface area contributed by atoms with Crippen LogP contribution in [0.25, 0.3) is 16.6 Å². The molecule has 0 fully saturated rings. The topological polar surface area (TPSA) is 61.9 Å². The van der Waals surface area contributed by atoms with E-state index in [1.54, 1.807) is 30.1 Å². The predicted molar refractivity (Wildman–Crippen MR) is 106 cm³/mol. The summed E-state index contributed by atoms with van der Waals surface area (Å²) in [4.78, 5) is 12.3. The van der Waals surface area contributed by atoms with Crippen LogP contribution in [0.5, 0.6) is 0 Å². The maximum absolute atomic E-state index is 12.3. The fraction of sp³-hybridized carbons (Fsp3) is 0.136. The Hall–Kier alpha value is -3.85. The van der Waals surface area contributed by atoms with E-state index in [4.69, 9.17) is 4.74 Å². The van der Waals surface area contributed by atoms with Crippen molar-refractivity contribution >= 4 is 16.9 Å². The molecular weight excluding hydrogens is 352 g/mol. The summed E-state index contributed by atoms with van der Waals surface area (Å²) in [6, 6.07) is 13.5. The van der Waals surface area contributed by atoms with Crippen molar-refractivity contribution in [2.24, 2.45) is 0 Å². The van der Waals surface area contributed by atoms with Crippen LogP contribution < -0.4 is 0 Å². The smallest absolute Gasteiger partial charge is 0.340 e. The number of hydrogen-bond acceptors (Lipinski definition) is 4. The Morgan fingerprint density at radius 2 is 1.96 bits per heavy atom. The number of hydrogen-bond donors (Lipinski definition) is 0. The number of esters is 1. The molecule has 0 saturated carbocycles. The van der Waals surface area contributed by atoms with Gasteiger partial charge in [0.1, 0.15) is 0 Å². The van der Waals surface area contributed by atoms with E-state index < -0.39 is 5.97 Å². The fourth-order valence-corrected chi connectivity index (χ4v) is 3.19. The molecule has 138 valence electrons. The van der Waals surface area contributed by atoms with Crippen molar-refractivity contribution in [2.75, 3.05) is 7.11 Å². The second-order valence-corrected chi connectivity index (χ2v) is 6.21. The Morgan fingerprint density at radius 1 is 1.14 bits per heavy atom. The molecule has 0 unspecified atom stereocenters. The zero-order chi connectivity index (χ0) is 19.5. The quantitative estimate of drug-likeness (QED) is 0.408. The molecule has 4 aromatic rings. The molecule has 0 aliphatic rings. The third kappa shape index (κ3) is 3.14. The fourth-order valence-electron chi connectivity index (χ4n) is 3.19. The highest BCUT2D eigenvalue weighted by Crippen LogP contribution is 2.24. The number of carbonyl (C=O) groups is 1. The SMILES string of the molecule is CC#Cc1ccc(C(=O)OC)c2c1cnn2Cc1ccc(-n2cccn2)cc1. The zero-order valence-corrected chi connectivity index (χ0v) is 15.6. The van der Waals surface area contributed by atoms with Crippen molar-refractivity contribution < 1.29 is 9.53 Å². The van der Waals surface area contributed by atoms with E-state index >= 15 is 0 Å². The molecule has 0 radical (unpaired) electrons. The van der Waals surface area contributed by atoms with E-state index in [0.717, 1.165) is 27.7 Å². The van der Waals surface area contributed by atoms with Crippen molar-refractivity contribution in [1.82, 2.24) is 19.6 Å². The Labute approximate surface area is 162 Å². The summed E-state index contributed by atoms with van der Waals surface area (Å²) in [7, 11) is 1.38. The largest absolute Gasteiger partial charge is 0.465 e. The van der Waals surface area contributed by atoms with Gasteiger partial charge >= 0.3 is 5.97 Å². The summed E-state index contributed by atoms with van der Waals surface area (Å²) in [5.74, 6) is 5.58. The van der Waals surface area contributed by atoms with Gasteiger partial charge in [-0.3, -0.25) is 4.68 Å². The first-order valence-corrected chi connectivity index (χ1v) is 8.80. The molecule has 0 aliphatic carbocycles. The molecule has 6 heteroatoms. The number of fused-ring (bicyclic) bond motifs is 1. The van der Waals surface area contributed by atoms with Crippen molar-refractivity contribution in [3.63, 3.8) is 0 Å². The van der Waals surface area contributed by atoms with Gasteiger partial charge < -0.3 is 4.74 Å². The van der Waals surface area contributed by atoms with Gasteiger partial charge in [-0.15, -0.1) is 5.92 Å². The lowest BCUT2D eigenvalue weighted by molar-refractivity contribution is 0.0602. The highest BCUT2D eigenvalue weighted by molar-refractivity contribution is 6.04. The van der Waals surface area contributed by atoms with E-state index in [9.17, 15) is 4.79 Å². The van der Waals surface area contributed by atoms with Crippen LogP contribution in [-0.4, -0.2) is 32.6 Å². The van der Waals surface area contributed by atoms with Gasteiger partial charge in [-0.1, -0.05) is 18.1 Å². The minimum atomic E-state index is -0.392. The van der Waals surface area contributed by atoms with E-state index in [0.29, 0.717) is 12.1 Å². The number of carbonyl (C=O) groups excluding carboxylic acids is 1. The third-order valence-corrected chi connectivity index (χ3v) is 4.50. The molecule has 2 aromatic carbocycles. The van der Waals surface area contributed by atoms with Gasteiger partial charge in [0, 0.05) is 23.3 Å². The number of nitrogens with zero attached hydrogens (tertiary/aromatic N) is 4. The van der Waals surface area contributed by atoms with Crippen LogP contribution in [0.3, 0.4) is 0 Å². The van der Waals surface area contributed by atoms with Gasteiger partial charge in [-0.25, -0.2) is 9.48 Å². The lowest BCUT2D eigenvalue weighted by atomic mass is 10.1. The molecule has 0 amide bonds. The first-order valence-electron chi connectivity index (χ1n) is 8.80. The van der Waals surface area contributed by atoms with E-state index in [-0.39, 0.29) is 0 Å². The molecule has 0 saturated heterocycles. The standard InChI is InChI=1S/C22H18N4O2/c1-3-5-17-8-11-19(22(27)28-2)21-20(17)14-24-26(21)15-16-6-9-18(10-7-16)25-13-4-12-23-25/h4,6-14H,15H2,1-2H3. The Balaban J connectivity index is 1.75. The van der Waals surface area contributed by atoms with E-state index in [1.807, 2.05) is 47.3 Å². The van der Waals surface area contributed by atoms with Crippen molar-refractivity contribution in [3.8, 4) is 17.5 Å². The van der Waals surface area contributed by atoms with Gasteiger partial charge in [-0.05, 0) is 42.8 Å². The number of aromatic nitrogens is 4. The monoisotopic (exact) mass is 370 g/mol. The molecule has 28 heavy (non-hydrogen) atoms. The zero-order valence-electron chi connectivity index (χ0n) is 15.6. The molecule has 2 heterocycles. The first kappa shape index (κ1) is 17.6. The average Bonchev–Trinajstić information content (AvgIpc) is 3.40. The highest BCUT2D eigenvalue weighted by atomic mass is 16.5. The van der Waals surface area contributed by atoms with Gasteiger partial charge in [0.2, 0.25) is 0 Å². The Morgan fingerprint density at radius 3 is 2.64 bits per heavy atom. The molecule has 0 N–H and O–H groups in total. The maximum atomic E-state index is 12.3. The number of ether oxygens (including phenoxy) is 1. The van der Waals surface area contributed by atoms with Gasteiger partial charge in [-0.2, -0.15) is 10.2 Å². The average molecular weight is 370 g/mol. The second kappa shape index (κ2) is 7.41. The Kier molecular flexibility index (Phi) is 4.65. The molecule has 0 atom stereocenters. The number of benzene rings is 2. The molecule has 4 rings (SSSR count). The van der Waals surface area contributed by atoms with Crippen molar-refractivity contribution in [1.29, 1.82) is 0 Å². The summed E-state index contributed by atoms with van der Waals surface area (Å²) >= 11 is 0. The number of methoxy groups -OCH3 is 1. The third-order valence-electron chi connectivity index (χ3n) is 4.50. The van der Waals surface area contributed by atoms with Crippen LogP contribution in [0, 0.1) is 11.8 Å². The van der Waals surface area contributed by atoms with Crippen molar-refractivity contribution in [3.05, 3.63) is 77.7 Å². The van der Waals surface area contributed by atoms with Gasteiger partial charge in [0.25, 0.3) is 0 Å². The van der Waals surface area contributed by atoms with Gasteiger partial charge in [0.05, 0.1) is 36.6 Å². The summed E-state index contributed by atoms with van der Waals surface area (Å²) in [5.41, 5.74) is 4.08. The van der Waals surface area contributed by atoms with Crippen LogP contribution in [-0.2, 0) is 11.3 Å². The predicted octanol–water partition coefficient (Wildman–Crippen LogP) is 3.43. The Bertz CT molecular complexity index is 1190. The van der Waals surface area contributed by atoms with Crippen molar-refractivity contribution in [2.45, 2.75) is 13.5 Å². The summed E-state index contributed by atoms with van der Waals surface area (Å²) in [6.07, 6.45) is 5.39. The summed E-state index contributed by atoms with van der Waals surface area (Å²) in [5, 5.41) is 9.58. The minimum absolute atomic E-state index is 0.392. The molecule has 0 bridgehead atoms. The first-order chi connectivity index (χ1) is 13.7. The molecule has 2 aromatic heterocycles.